The minimum absolute atomic E-state index is 0.110. The fourth-order valence-electron chi connectivity index (χ4n) is 6.12. The molecule has 0 bridgehead atoms. The summed E-state index contributed by atoms with van der Waals surface area (Å²) in [5.41, 5.74) is 0.852. The SMILES string of the molecule is CC1c2c(C(=O)N(C)C)ccc(O)c2C(O)=C2C(=O)C3(O)C(O)=C(C(N)=O)C(=O)C(N(C)C)C3C(O)C21. The maximum atomic E-state index is 13.9. The summed E-state index contributed by atoms with van der Waals surface area (Å²) in [7, 11) is 5.87. The van der Waals surface area contributed by atoms with Crippen molar-refractivity contribution in [3.8, 4) is 5.75 Å². The number of carbonyl (C=O) groups excluding carboxylic acids is 4. The number of benzene rings is 1. The second-order valence-electron chi connectivity index (χ2n) is 10.2. The highest BCUT2D eigenvalue weighted by Gasteiger charge is 2.68. The van der Waals surface area contributed by atoms with E-state index in [-0.39, 0.29) is 16.7 Å². The molecule has 198 valence electrons. The Morgan fingerprint density at radius 3 is 2.16 bits per heavy atom. The molecular formula is C25H29N3O9. The minimum Gasteiger partial charge on any atom is -0.508 e. The van der Waals surface area contributed by atoms with Crippen LogP contribution in [0.3, 0.4) is 0 Å². The molecule has 0 aromatic heterocycles. The van der Waals surface area contributed by atoms with E-state index < -0.39 is 87.3 Å². The number of nitrogens with zero attached hydrogens (tertiary/aromatic N) is 2. The molecule has 3 aliphatic carbocycles. The van der Waals surface area contributed by atoms with Crippen LogP contribution in [-0.2, 0) is 14.4 Å². The number of nitrogens with two attached hydrogens (primary N) is 1. The molecule has 1 aromatic rings. The molecule has 1 aromatic carbocycles. The first-order valence-electron chi connectivity index (χ1n) is 11.5. The topological polar surface area (TPSA) is 202 Å². The summed E-state index contributed by atoms with van der Waals surface area (Å²) in [6, 6.07) is 1.08. The minimum atomic E-state index is -2.99. The van der Waals surface area contributed by atoms with Gasteiger partial charge in [-0.1, -0.05) is 6.92 Å². The fraction of sp³-hybridized carbons (Fsp3) is 0.440. The van der Waals surface area contributed by atoms with Gasteiger partial charge in [0.25, 0.3) is 11.8 Å². The van der Waals surface area contributed by atoms with Gasteiger partial charge in [0.05, 0.1) is 23.6 Å². The molecule has 7 N–H and O–H groups in total. The zero-order valence-electron chi connectivity index (χ0n) is 20.9. The second-order valence-corrected chi connectivity index (χ2v) is 10.2. The Hall–Kier alpha value is -3.74. The molecule has 4 rings (SSSR count). The number of ketones is 2. The second kappa shape index (κ2) is 8.40. The van der Waals surface area contributed by atoms with E-state index in [2.05, 4.69) is 0 Å². The number of phenols is 1. The van der Waals surface area contributed by atoms with Gasteiger partial charge in [0.1, 0.15) is 22.8 Å². The van der Waals surface area contributed by atoms with Crippen LogP contribution in [0.25, 0.3) is 5.76 Å². The van der Waals surface area contributed by atoms with Crippen LogP contribution in [0, 0.1) is 11.8 Å². The zero-order chi connectivity index (χ0) is 27.9. The quantitative estimate of drug-likeness (QED) is 0.277. The number of carbonyl (C=O) groups is 4. The van der Waals surface area contributed by atoms with Crippen LogP contribution < -0.4 is 5.73 Å². The average Bonchev–Trinajstić information content (AvgIpc) is 2.80. The van der Waals surface area contributed by atoms with Crippen molar-refractivity contribution in [2.45, 2.75) is 30.6 Å². The lowest BCUT2D eigenvalue weighted by Crippen LogP contribution is -2.70. The molecule has 0 saturated heterocycles. The highest BCUT2D eigenvalue weighted by Crippen LogP contribution is 2.56. The number of phenolic OH excluding ortho intramolecular Hbond substituents is 1. The lowest BCUT2D eigenvalue weighted by Gasteiger charge is -2.53. The van der Waals surface area contributed by atoms with E-state index >= 15 is 0 Å². The number of rotatable bonds is 3. The van der Waals surface area contributed by atoms with E-state index in [9.17, 15) is 44.7 Å². The molecule has 1 fully saturated rings. The summed E-state index contributed by atoms with van der Waals surface area (Å²) in [6.07, 6.45) is -1.74. The van der Waals surface area contributed by atoms with Crippen molar-refractivity contribution in [3.63, 3.8) is 0 Å². The third-order valence-electron chi connectivity index (χ3n) is 7.74. The summed E-state index contributed by atoms with van der Waals surface area (Å²) in [5.74, 6) is -10.5. The molecule has 12 nitrogen and oxygen atoms in total. The monoisotopic (exact) mass is 515 g/mol. The molecule has 6 unspecified atom stereocenters. The number of aliphatic hydroxyl groups is 4. The van der Waals surface area contributed by atoms with Crippen molar-refractivity contribution >= 4 is 29.1 Å². The molecule has 37 heavy (non-hydrogen) atoms. The van der Waals surface area contributed by atoms with Crippen molar-refractivity contribution in [1.82, 2.24) is 9.80 Å². The molecule has 12 heteroatoms. The number of amides is 2. The number of hydrogen-bond acceptors (Lipinski definition) is 10. The number of primary amides is 1. The van der Waals surface area contributed by atoms with Crippen molar-refractivity contribution in [1.29, 1.82) is 0 Å². The fourth-order valence-corrected chi connectivity index (χ4v) is 6.12. The highest BCUT2D eigenvalue weighted by molar-refractivity contribution is 6.24. The van der Waals surface area contributed by atoms with Gasteiger partial charge in [0.2, 0.25) is 5.78 Å². The van der Waals surface area contributed by atoms with Crippen LogP contribution in [0.1, 0.15) is 34.3 Å². The summed E-state index contributed by atoms with van der Waals surface area (Å²) >= 11 is 0. The highest BCUT2D eigenvalue weighted by atomic mass is 16.4. The Bertz CT molecular complexity index is 1330. The maximum absolute atomic E-state index is 13.9. The first kappa shape index (κ1) is 26.3. The average molecular weight is 516 g/mol. The van der Waals surface area contributed by atoms with Gasteiger partial charge < -0.3 is 36.2 Å². The molecule has 0 spiro atoms. The Labute approximate surface area is 211 Å². The van der Waals surface area contributed by atoms with Gasteiger partial charge in [0.15, 0.2) is 11.4 Å². The molecule has 6 atom stereocenters. The Balaban J connectivity index is 2.08. The normalized spacial score (nSPS) is 31.2. The van der Waals surface area contributed by atoms with Crippen molar-refractivity contribution in [3.05, 3.63) is 45.7 Å². The lowest BCUT2D eigenvalue weighted by atomic mass is 9.54. The number of aromatic hydroxyl groups is 1. The summed E-state index contributed by atoms with van der Waals surface area (Å²) < 4.78 is 0. The third kappa shape index (κ3) is 3.26. The van der Waals surface area contributed by atoms with E-state index in [1.54, 1.807) is 6.92 Å². The Morgan fingerprint density at radius 2 is 1.65 bits per heavy atom. The van der Waals surface area contributed by atoms with Crippen LogP contribution in [0.4, 0.5) is 0 Å². The Morgan fingerprint density at radius 1 is 1.05 bits per heavy atom. The first-order chi connectivity index (χ1) is 17.1. The first-order valence-corrected chi connectivity index (χ1v) is 11.5. The molecule has 0 radical (unpaired) electrons. The number of likely N-dealkylation sites (N-methyl/N-ethyl adjacent to an activating group) is 1. The maximum Gasteiger partial charge on any atom is 0.255 e. The van der Waals surface area contributed by atoms with E-state index in [1.165, 1.54) is 50.1 Å². The third-order valence-corrected chi connectivity index (χ3v) is 7.74. The van der Waals surface area contributed by atoms with Gasteiger partial charge >= 0.3 is 0 Å². The predicted octanol–water partition coefficient (Wildman–Crippen LogP) is -0.802. The van der Waals surface area contributed by atoms with Gasteiger partial charge in [-0.15, -0.1) is 0 Å². The van der Waals surface area contributed by atoms with Crippen molar-refractivity contribution < 1.29 is 44.7 Å². The van der Waals surface area contributed by atoms with Crippen LogP contribution in [0.5, 0.6) is 5.75 Å². The molecule has 0 aliphatic heterocycles. The van der Waals surface area contributed by atoms with E-state index in [0.717, 1.165) is 0 Å². The molecule has 3 aliphatic rings. The number of aliphatic hydroxyl groups excluding tert-OH is 3. The molecule has 1 saturated carbocycles. The zero-order valence-corrected chi connectivity index (χ0v) is 20.9. The van der Waals surface area contributed by atoms with E-state index in [0.29, 0.717) is 0 Å². The lowest BCUT2D eigenvalue weighted by molar-refractivity contribution is -0.169. The van der Waals surface area contributed by atoms with Crippen molar-refractivity contribution in [2.75, 3.05) is 28.2 Å². The van der Waals surface area contributed by atoms with Crippen molar-refractivity contribution in [2.24, 2.45) is 17.6 Å². The van der Waals surface area contributed by atoms with Gasteiger partial charge in [-0.05, 0) is 37.7 Å². The standard InChI is InChI=1S/C25H29N3O9/c1-8-11-9(24(36)28(4)5)6-7-10(29)13(11)18(30)14-12(8)19(31)16-17(27(2)3)20(32)15(23(26)35)22(34)25(16,37)21(14)33/h6-8,12,16-17,19,29-31,34,37H,1-5H3,(H2,26,35). The smallest absolute Gasteiger partial charge is 0.255 e. The van der Waals surface area contributed by atoms with Gasteiger partial charge in [-0.2, -0.15) is 0 Å². The summed E-state index contributed by atoms with van der Waals surface area (Å²) in [6.45, 7) is 1.57. The van der Waals surface area contributed by atoms with E-state index in [4.69, 9.17) is 5.73 Å². The largest absolute Gasteiger partial charge is 0.508 e. The summed E-state index contributed by atoms with van der Waals surface area (Å²) in [5, 5.41) is 56.1. The number of fused-ring (bicyclic) bond motifs is 3. The van der Waals surface area contributed by atoms with E-state index in [1.807, 2.05) is 0 Å². The van der Waals surface area contributed by atoms with Crippen LogP contribution >= 0.6 is 0 Å². The predicted molar refractivity (Wildman–Crippen MR) is 128 cm³/mol. The van der Waals surface area contributed by atoms with Gasteiger partial charge in [-0.3, -0.25) is 24.1 Å². The van der Waals surface area contributed by atoms with Crippen LogP contribution in [-0.4, -0.2) is 105 Å². The van der Waals surface area contributed by atoms with Gasteiger partial charge in [0, 0.05) is 31.1 Å². The van der Waals surface area contributed by atoms with Crippen LogP contribution in [0.2, 0.25) is 0 Å². The number of hydrogen-bond donors (Lipinski definition) is 6. The Kier molecular flexibility index (Phi) is 5.98. The van der Waals surface area contributed by atoms with Gasteiger partial charge in [-0.25, -0.2) is 0 Å². The molecule has 0 heterocycles. The summed E-state index contributed by atoms with van der Waals surface area (Å²) in [4.78, 5) is 54.7. The molecule has 2 amide bonds. The molecular weight excluding hydrogens is 486 g/mol. The van der Waals surface area contributed by atoms with Crippen LogP contribution in [0.15, 0.2) is 29.0 Å². The number of Topliss-reactive ketones (excluding diaryl/α,β-unsaturated/α-hetero) is 2.